The van der Waals surface area contributed by atoms with Gasteiger partial charge in [0.25, 0.3) is 0 Å². The highest BCUT2D eigenvalue weighted by molar-refractivity contribution is 5.79. The van der Waals surface area contributed by atoms with Crippen LogP contribution in [0.5, 0.6) is 5.75 Å². The molecule has 0 radical (unpaired) electrons. The van der Waals surface area contributed by atoms with Crippen LogP contribution < -0.4 is 9.64 Å². The number of fused-ring (bicyclic) bond motifs is 1. The molecule has 1 aliphatic heterocycles. The molecule has 2 nitrogen and oxygen atoms in total. The van der Waals surface area contributed by atoms with Gasteiger partial charge in [-0.2, -0.15) is 0 Å². The van der Waals surface area contributed by atoms with Gasteiger partial charge in [-0.3, -0.25) is 0 Å². The molecule has 0 saturated carbocycles. The average molecular weight is 301 g/mol. The topological polar surface area (TPSA) is 12.5 Å². The Labute approximate surface area is 137 Å². The number of anilines is 2. The Bertz CT molecular complexity index is 821. The molecular weight excluding hydrogens is 282 g/mol. The molecule has 1 aliphatic rings. The summed E-state index contributed by atoms with van der Waals surface area (Å²) in [5, 5.41) is 0. The largest absolute Gasteiger partial charge is 0.497 e. The number of hydrogen-bond acceptors (Lipinski definition) is 2. The Balaban J connectivity index is 1.78. The molecule has 0 amide bonds. The quantitative estimate of drug-likeness (QED) is 0.655. The zero-order valence-corrected chi connectivity index (χ0v) is 13.4. The number of rotatable bonds is 3. The molecule has 23 heavy (non-hydrogen) atoms. The summed E-state index contributed by atoms with van der Waals surface area (Å²) in [5.74, 6) is 0.892. The molecule has 1 atom stereocenters. The van der Waals surface area contributed by atoms with E-state index in [2.05, 4.69) is 72.5 Å². The molecule has 0 aromatic heterocycles. The Hall–Kier alpha value is -2.74. The number of para-hydroxylation sites is 1. The summed E-state index contributed by atoms with van der Waals surface area (Å²) < 4.78 is 5.28. The fraction of sp³-hybridized carbons (Fsp3) is 0.143. The zero-order valence-electron chi connectivity index (χ0n) is 13.4. The van der Waals surface area contributed by atoms with Crippen molar-refractivity contribution in [3.8, 4) is 5.75 Å². The molecule has 0 fully saturated rings. The minimum atomic E-state index is 0.264. The predicted octanol–water partition coefficient (Wildman–Crippen LogP) is 5.24. The third-order valence-corrected chi connectivity index (χ3v) is 4.49. The van der Waals surface area contributed by atoms with Gasteiger partial charge in [0, 0.05) is 16.9 Å². The zero-order chi connectivity index (χ0) is 15.8. The van der Waals surface area contributed by atoms with Crippen LogP contribution in [0, 0.1) is 6.92 Å². The van der Waals surface area contributed by atoms with Gasteiger partial charge >= 0.3 is 0 Å². The van der Waals surface area contributed by atoms with Gasteiger partial charge < -0.3 is 9.64 Å². The Morgan fingerprint density at radius 2 is 1.52 bits per heavy atom. The molecule has 4 rings (SSSR count). The molecule has 114 valence electrons. The van der Waals surface area contributed by atoms with Gasteiger partial charge in [-0.15, -0.1) is 0 Å². The summed E-state index contributed by atoms with van der Waals surface area (Å²) in [4.78, 5) is 2.40. The van der Waals surface area contributed by atoms with Gasteiger partial charge in [-0.1, -0.05) is 48.0 Å². The van der Waals surface area contributed by atoms with Crippen LogP contribution in [0.25, 0.3) is 0 Å². The fourth-order valence-corrected chi connectivity index (χ4v) is 3.26. The van der Waals surface area contributed by atoms with Crippen molar-refractivity contribution in [3.05, 3.63) is 89.5 Å². The van der Waals surface area contributed by atoms with Crippen molar-refractivity contribution in [2.24, 2.45) is 0 Å². The van der Waals surface area contributed by atoms with Gasteiger partial charge in [-0.25, -0.2) is 0 Å². The predicted molar refractivity (Wildman–Crippen MR) is 94.6 cm³/mol. The Kier molecular flexibility index (Phi) is 3.30. The van der Waals surface area contributed by atoms with Crippen molar-refractivity contribution in [1.29, 1.82) is 0 Å². The van der Waals surface area contributed by atoms with E-state index in [4.69, 9.17) is 4.74 Å². The van der Waals surface area contributed by atoms with E-state index >= 15 is 0 Å². The number of methoxy groups -OCH3 is 1. The van der Waals surface area contributed by atoms with E-state index in [-0.39, 0.29) is 6.04 Å². The van der Waals surface area contributed by atoms with Crippen LogP contribution in [0.3, 0.4) is 0 Å². The van der Waals surface area contributed by atoms with Gasteiger partial charge in [-0.05, 0) is 42.8 Å². The number of aryl methyl sites for hydroxylation is 1. The van der Waals surface area contributed by atoms with Crippen LogP contribution in [0.15, 0.2) is 72.8 Å². The van der Waals surface area contributed by atoms with Crippen molar-refractivity contribution in [2.75, 3.05) is 12.0 Å². The highest BCUT2D eigenvalue weighted by Gasteiger charge is 2.36. The molecule has 0 bridgehead atoms. The maximum atomic E-state index is 5.28. The highest BCUT2D eigenvalue weighted by Crippen LogP contribution is 2.51. The first-order chi connectivity index (χ1) is 11.3. The molecule has 1 heterocycles. The van der Waals surface area contributed by atoms with Crippen molar-refractivity contribution in [3.63, 3.8) is 0 Å². The molecule has 0 spiro atoms. The summed E-state index contributed by atoms with van der Waals surface area (Å²) in [6.07, 6.45) is 0. The van der Waals surface area contributed by atoms with E-state index in [9.17, 15) is 0 Å². The van der Waals surface area contributed by atoms with E-state index in [0.717, 1.165) is 5.75 Å². The van der Waals surface area contributed by atoms with Crippen LogP contribution in [-0.4, -0.2) is 7.11 Å². The number of hydrogen-bond donors (Lipinski definition) is 0. The second kappa shape index (κ2) is 5.47. The van der Waals surface area contributed by atoms with E-state index in [1.807, 2.05) is 12.1 Å². The van der Waals surface area contributed by atoms with Crippen LogP contribution in [-0.2, 0) is 0 Å². The lowest BCUT2D eigenvalue weighted by molar-refractivity contribution is 0.414. The molecular formula is C21H19NO. The molecule has 0 saturated heterocycles. The minimum absolute atomic E-state index is 0.264. The normalized spacial score (nSPS) is 15.7. The van der Waals surface area contributed by atoms with Gasteiger partial charge in [0.05, 0.1) is 13.2 Å². The summed E-state index contributed by atoms with van der Waals surface area (Å²) in [5.41, 5.74) is 6.46. The van der Waals surface area contributed by atoms with Gasteiger partial charge in [0.1, 0.15) is 5.75 Å². The van der Waals surface area contributed by atoms with E-state index in [1.54, 1.807) is 7.11 Å². The highest BCUT2D eigenvalue weighted by atomic mass is 16.5. The standard InChI is InChI=1S/C21H19NO/c1-15-7-11-17(12-8-15)22-20-6-4-3-5-19(20)21(22)16-9-13-18(23-2)14-10-16/h3-14,21H,1-2H3. The van der Waals surface area contributed by atoms with E-state index in [0.29, 0.717) is 0 Å². The summed E-state index contributed by atoms with van der Waals surface area (Å²) in [6.45, 7) is 2.12. The second-order valence-electron chi connectivity index (χ2n) is 5.94. The van der Waals surface area contributed by atoms with Crippen LogP contribution in [0.2, 0.25) is 0 Å². The second-order valence-corrected chi connectivity index (χ2v) is 5.94. The van der Waals surface area contributed by atoms with E-state index < -0.39 is 0 Å². The molecule has 2 heteroatoms. The summed E-state index contributed by atoms with van der Waals surface area (Å²) in [6, 6.07) is 26.0. The lowest BCUT2D eigenvalue weighted by Crippen LogP contribution is -2.34. The first-order valence-corrected chi connectivity index (χ1v) is 7.87. The smallest absolute Gasteiger partial charge is 0.118 e. The summed E-state index contributed by atoms with van der Waals surface area (Å²) in [7, 11) is 1.70. The SMILES string of the molecule is COc1ccc(C2c3ccccc3N2c2ccc(C)cc2)cc1. The first kappa shape index (κ1) is 13.9. The minimum Gasteiger partial charge on any atom is -0.497 e. The third-order valence-electron chi connectivity index (χ3n) is 4.49. The van der Waals surface area contributed by atoms with Crippen molar-refractivity contribution < 1.29 is 4.74 Å². The number of nitrogens with zero attached hydrogens (tertiary/aromatic N) is 1. The molecule has 3 aromatic rings. The maximum absolute atomic E-state index is 5.28. The maximum Gasteiger partial charge on any atom is 0.118 e. The van der Waals surface area contributed by atoms with Crippen LogP contribution in [0.4, 0.5) is 11.4 Å². The number of ether oxygens (including phenoxy) is 1. The Morgan fingerprint density at radius 1 is 0.826 bits per heavy atom. The molecule has 1 unspecified atom stereocenters. The lowest BCUT2D eigenvalue weighted by Gasteiger charge is -2.45. The molecule has 0 aliphatic carbocycles. The van der Waals surface area contributed by atoms with Crippen molar-refractivity contribution in [2.45, 2.75) is 13.0 Å². The third kappa shape index (κ3) is 2.27. The van der Waals surface area contributed by atoms with Crippen molar-refractivity contribution in [1.82, 2.24) is 0 Å². The van der Waals surface area contributed by atoms with Gasteiger partial charge in [0.2, 0.25) is 0 Å². The first-order valence-electron chi connectivity index (χ1n) is 7.87. The fourth-order valence-electron chi connectivity index (χ4n) is 3.26. The number of benzene rings is 3. The monoisotopic (exact) mass is 301 g/mol. The molecule has 3 aromatic carbocycles. The summed E-state index contributed by atoms with van der Waals surface area (Å²) >= 11 is 0. The molecule has 0 N–H and O–H groups in total. The van der Waals surface area contributed by atoms with Crippen molar-refractivity contribution >= 4 is 11.4 Å². The van der Waals surface area contributed by atoms with Crippen LogP contribution >= 0.6 is 0 Å². The lowest BCUT2D eigenvalue weighted by atomic mass is 9.86. The average Bonchev–Trinajstić information content (AvgIpc) is 2.58. The van der Waals surface area contributed by atoms with E-state index in [1.165, 1.54) is 28.1 Å². The Morgan fingerprint density at radius 3 is 2.22 bits per heavy atom. The van der Waals surface area contributed by atoms with Crippen LogP contribution in [0.1, 0.15) is 22.7 Å². The van der Waals surface area contributed by atoms with Gasteiger partial charge in [0.15, 0.2) is 0 Å².